The second-order valence-electron chi connectivity index (χ2n) is 7.00. The van der Waals surface area contributed by atoms with Crippen LogP contribution in [0.5, 0.6) is 0 Å². The Morgan fingerprint density at radius 2 is 1.82 bits per heavy atom. The monoisotopic (exact) mass is 333 g/mol. The third kappa shape index (κ3) is 4.05. The summed E-state index contributed by atoms with van der Waals surface area (Å²) in [6, 6.07) is 0. The van der Waals surface area contributed by atoms with Crippen LogP contribution < -0.4 is 5.32 Å². The molecule has 0 spiro atoms. The molecule has 0 aromatic heterocycles. The summed E-state index contributed by atoms with van der Waals surface area (Å²) in [5, 5.41) is 2.53. The molecule has 0 radical (unpaired) electrons. The Bertz CT molecular complexity index is 474. The van der Waals surface area contributed by atoms with Crippen LogP contribution in [0.4, 0.5) is 0 Å². The molecule has 2 fully saturated rings. The molecule has 126 valence electrons. The van der Waals surface area contributed by atoms with E-state index in [0.29, 0.717) is 0 Å². The van der Waals surface area contributed by atoms with E-state index >= 15 is 0 Å². The van der Waals surface area contributed by atoms with Gasteiger partial charge in [-0.1, -0.05) is 20.8 Å². The minimum Gasteiger partial charge on any atom is -0.458 e. The maximum absolute atomic E-state index is 11.9. The summed E-state index contributed by atoms with van der Waals surface area (Å²) in [6.07, 6.45) is 1.64. The third-order valence-corrected chi connectivity index (χ3v) is 4.69. The van der Waals surface area contributed by atoms with E-state index in [1.807, 2.05) is 0 Å². The Kier molecular flexibility index (Phi) is 5.24. The topological polar surface area (TPSA) is 102 Å². The molecule has 0 aromatic rings. The van der Waals surface area contributed by atoms with Gasteiger partial charge in [0.25, 0.3) is 0 Å². The number of carbonyl (C=O) groups is 2. The first-order valence-corrected chi connectivity index (χ1v) is 8.47. The van der Waals surface area contributed by atoms with E-state index in [-0.39, 0.29) is 24.3 Å². The molecular weight excluding hydrogens is 310 g/mol. The van der Waals surface area contributed by atoms with Gasteiger partial charge >= 0.3 is 17.3 Å². The van der Waals surface area contributed by atoms with Gasteiger partial charge in [0.05, 0.1) is 0 Å². The first kappa shape index (κ1) is 17.4. The molecule has 5 atom stereocenters. The van der Waals surface area contributed by atoms with Crippen molar-refractivity contribution in [2.75, 3.05) is 6.54 Å². The zero-order valence-corrected chi connectivity index (χ0v) is 13.9. The predicted octanol–water partition coefficient (Wildman–Crippen LogP) is 1.01. The molecule has 2 aliphatic carbocycles. The number of hydrogen-bond donors (Lipinski definition) is 2. The number of ether oxygens (including phenoxy) is 1. The largest absolute Gasteiger partial charge is 0.458 e. The Morgan fingerprint density at radius 1 is 1.23 bits per heavy atom. The van der Waals surface area contributed by atoms with Gasteiger partial charge in [-0.15, -0.1) is 0 Å². The molecule has 5 unspecified atom stereocenters. The van der Waals surface area contributed by atoms with Crippen molar-refractivity contribution in [3.8, 4) is 0 Å². The van der Waals surface area contributed by atoms with Crippen LogP contribution in [0, 0.1) is 17.3 Å². The molecule has 0 aromatic carbocycles. The molecule has 8 heteroatoms. The third-order valence-electron chi connectivity index (χ3n) is 4.30. The van der Waals surface area contributed by atoms with Gasteiger partial charge in [0.15, 0.2) is 0 Å². The summed E-state index contributed by atoms with van der Waals surface area (Å²) in [4.78, 5) is 23.6. The molecule has 0 saturated heterocycles. The lowest BCUT2D eigenvalue weighted by molar-refractivity contribution is -0.157. The quantitative estimate of drug-likeness (QED) is 0.575. The van der Waals surface area contributed by atoms with Crippen LogP contribution in [0.3, 0.4) is 0 Å². The van der Waals surface area contributed by atoms with Gasteiger partial charge in [-0.25, -0.2) is 0 Å². The molecule has 2 N–H and O–H groups in total. The van der Waals surface area contributed by atoms with Crippen molar-refractivity contribution in [1.29, 1.82) is 0 Å². The van der Waals surface area contributed by atoms with Gasteiger partial charge in [-0.2, -0.15) is 4.21 Å². The number of esters is 1. The summed E-state index contributed by atoms with van der Waals surface area (Å²) in [5.41, 5.74) is -0.577. The number of fused-ring (bicyclic) bond motifs is 2. The average molecular weight is 333 g/mol. The van der Waals surface area contributed by atoms with Crippen molar-refractivity contribution in [2.45, 2.75) is 52.2 Å². The van der Waals surface area contributed by atoms with E-state index in [1.54, 1.807) is 20.8 Å². The van der Waals surface area contributed by atoms with E-state index in [1.165, 1.54) is 0 Å². The summed E-state index contributed by atoms with van der Waals surface area (Å²) in [5.74, 6) is -0.460. The fraction of sp³-hybridized carbons (Fsp3) is 0.857. The summed E-state index contributed by atoms with van der Waals surface area (Å²) in [6.45, 7) is 5.05. The van der Waals surface area contributed by atoms with Crippen LogP contribution >= 0.6 is 0 Å². The highest BCUT2D eigenvalue weighted by atomic mass is 32.2. The van der Waals surface area contributed by atoms with Crippen LogP contribution in [-0.2, 0) is 29.9 Å². The van der Waals surface area contributed by atoms with Gasteiger partial charge in [0, 0.05) is 5.41 Å². The Hall–Kier alpha value is -0.990. The summed E-state index contributed by atoms with van der Waals surface area (Å²) in [7, 11) is 0. The second-order valence-corrected chi connectivity index (χ2v) is 7.62. The lowest BCUT2D eigenvalue weighted by atomic mass is 9.95. The number of carbonyl (C=O) groups excluding carboxylic acids is 2. The van der Waals surface area contributed by atoms with Crippen molar-refractivity contribution in [2.24, 2.45) is 17.3 Å². The molecule has 0 aliphatic heterocycles. The second kappa shape index (κ2) is 6.64. The number of hydrogen-bond acceptors (Lipinski definition) is 5. The standard InChI is InChI=1S/C14H23NO6S/c1-14(2,3)13(17)15-7-10(16)20-11-8-4-5-9(6-8)12(11)21-22(18)19/h8-9,11-12H,4-7H2,1-3H3,(H,15,17)(H,18,19). The lowest BCUT2D eigenvalue weighted by Gasteiger charge is -2.29. The van der Waals surface area contributed by atoms with E-state index in [4.69, 9.17) is 13.5 Å². The van der Waals surface area contributed by atoms with Gasteiger partial charge in [0.1, 0.15) is 18.8 Å². The molecule has 2 bridgehead atoms. The summed E-state index contributed by atoms with van der Waals surface area (Å²) >= 11 is -2.38. The van der Waals surface area contributed by atoms with Crippen LogP contribution in [0.25, 0.3) is 0 Å². The van der Waals surface area contributed by atoms with E-state index < -0.39 is 35.0 Å². The SMILES string of the molecule is CC(C)(C)C(=O)NCC(=O)OC1C2CCC(C2)C1OS(=O)O. The molecule has 0 heterocycles. The predicted molar refractivity (Wildman–Crippen MR) is 78.8 cm³/mol. The maximum atomic E-state index is 11.9. The number of rotatable bonds is 5. The van der Waals surface area contributed by atoms with E-state index in [9.17, 15) is 13.8 Å². The zero-order valence-electron chi connectivity index (χ0n) is 13.0. The van der Waals surface area contributed by atoms with E-state index in [2.05, 4.69) is 5.32 Å². The van der Waals surface area contributed by atoms with Crippen molar-refractivity contribution in [1.82, 2.24) is 5.32 Å². The molecule has 2 saturated carbocycles. The Balaban J connectivity index is 1.87. The normalized spacial score (nSPS) is 31.8. The van der Waals surface area contributed by atoms with Gasteiger partial charge in [0.2, 0.25) is 5.91 Å². The number of amides is 1. The molecule has 1 amide bonds. The van der Waals surface area contributed by atoms with Crippen LogP contribution in [0.2, 0.25) is 0 Å². The fourth-order valence-corrected chi connectivity index (χ4v) is 3.65. The average Bonchev–Trinajstić information content (AvgIpc) is 2.97. The molecular formula is C14H23NO6S. The zero-order chi connectivity index (χ0) is 16.5. The van der Waals surface area contributed by atoms with Gasteiger partial charge in [-0.05, 0) is 31.1 Å². The lowest BCUT2D eigenvalue weighted by Crippen LogP contribution is -2.43. The highest BCUT2D eigenvalue weighted by Gasteiger charge is 2.51. The molecule has 2 rings (SSSR count). The Labute approximate surface area is 132 Å². The maximum Gasteiger partial charge on any atom is 0.325 e. The summed E-state index contributed by atoms with van der Waals surface area (Å²) < 4.78 is 30.2. The van der Waals surface area contributed by atoms with Crippen LogP contribution in [-0.4, -0.2) is 39.4 Å². The van der Waals surface area contributed by atoms with Crippen LogP contribution in [0.1, 0.15) is 40.0 Å². The van der Waals surface area contributed by atoms with E-state index in [0.717, 1.165) is 19.3 Å². The van der Waals surface area contributed by atoms with Crippen molar-refractivity contribution < 1.29 is 27.3 Å². The smallest absolute Gasteiger partial charge is 0.325 e. The first-order chi connectivity index (χ1) is 10.2. The minimum atomic E-state index is -2.38. The van der Waals surface area contributed by atoms with Crippen molar-refractivity contribution in [3.63, 3.8) is 0 Å². The van der Waals surface area contributed by atoms with Crippen molar-refractivity contribution in [3.05, 3.63) is 0 Å². The molecule has 22 heavy (non-hydrogen) atoms. The fourth-order valence-electron chi connectivity index (χ4n) is 3.19. The Morgan fingerprint density at radius 3 is 2.36 bits per heavy atom. The first-order valence-electron chi connectivity index (χ1n) is 7.44. The van der Waals surface area contributed by atoms with Gasteiger partial charge < -0.3 is 10.1 Å². The highest BCUT2D eigenvalue weighted by molar-refractivity contribution is 7.74. The van der Waals surface area contributed by atoms with Gasteiger partial charge in [-0.3, -0.25) is 18.3 Å². The van der Waals surface area contributed by atoms with Crippen LogP contribution in [0.15, 0.2) is 0 Å². The van der Waals surface area contributed by atoms with Crippen molar-refractivity contribution >= 4 is 23.2 Å². The minimum absolute atomic E-state index is 0.156. The molecule has 2 aliphatic rings. The number of nitrogens with one attached hydrogen (secondary N) is 1. The molecule has 7 nitrogen and oxygen atoms in total. The highest BCUT2D eigenvalue weighted by Crippen LogP contribution is 2.47.